The van der Waals surface area contributed by atoms with E-state index in [1.54, 1.807) is 29.6 Å². The van der Waals surface area contributed by atoms with Gasteiger partial charge < -0.3 is 10.6 Å². The summed E-state index contributed by atoms with van der Waals surface area (Å²) in [5.74, 6) is -0.797. The van der Waals surface area contributed by atoms with E-state index in [9.17, 15) is 18.0 Å². The molecule has 0 fully saturated rings. The summed E-state index contributed by atoms with van der Waals surface area (Å²) in [6, 6.07) is 14.5. The van der Waals surface area contributed by atoms with Crippen LogP contribution < -0.4 is 10.6 Å². The van der Waals surface area contributed by atoms with Gasteiger partial charge >= 0.3 is 0 Å². The standard InChI is InChI=1S/C19H15ClN2O4S2/c1-28(25,26)16-9-13(20)8-15(10-16)22-19(24)17-7-12(11-27-17)18(23)21-14-5-3-2-4-6-14/h2-11H,1H3,(H,21,23)(H,22,24). The molecule has 0 unspecified atom stereocenters. The van der Waals surface area contributed by atoms with Crippen LogP contribution in [0.4, 0.5) is 11.4 Å². The summed E-state index contributed by atoms with van der Waals surface area (Å²) < 4.78 is 23.4. The predicted molar refractivity (Wildman–Crippen MR) is 111 cm³/mol. The molecule has 28 heavy (non-hydrogen) atoms. The van der Waals surface area contributed by atoms with Crippen molar-refractivity contribution in [2.45, 2.75) is 4.90 Å². The van der Waals surface area contributed by atoms with Gasteiger partial charge in [0.2, 0.25) is 0 Å². The quantitative estimate of drug-likeness (QED) is 0.625. The first-order chi connectivity index (χ1) is 13.2. The molecule has 2 aromatic carbocycles. The first-order valence-electron chi connectivity index (χ1n) is 7.99. The lowest BCUT2D eigenvalue weighted by atomic mass is 10.2. The molecule has 0 aliphatic carbocycles. The molecule has 0 atom stereocenters. The van der Waals surface area contributed by atoms with Crippen LogP contribution in [0.15, 0.2) is 64.9 Å². The Bertz CT molecular complexity index is 1140. The molecule has 0 saturated carbocycles. The Labute approximate surface area is 171 Å². The average molecular weight is 435 g/mol. The van der Waals surface area contributed by atoms with Gasteiger partial charge in [0, 0.05) is 28.0 Å². The average Bonchev–Trinajstić information content (AvgIpc) is 3.12. The number of hydrogen-bond acceptors (Lipinski definition) is 5. The fourth-order valence-electron chi connectivity index (χ4n) is 2.34. The van der Waals surface area contributed by atoms with Gasteiger partial charge in [-0.05, 0) is 36.4 Å². The molecule has 0 spiro atoms. The molecule has 2 N–H and O–H groups in total. The van der Waals surface area contributed by atoms with E-state index in [4.69, 9.17) is 11.6 Å². The van der Waals surface area contributed by atoms with Crippen LogP contribution in [0, 0.1) is 0 Å². The topological polar surface area (TPSA) is 92.3 Å². The van der Waals surface area contributed by atoms with E-state index >= 15 is 0 Å². The molecule has 3 aromatic rings. The zero-order valence-electron chi connectivity index (χ0n) is 14.6. The van der Waals surface area contributed by atoms with Gasteiger partial charge in [-0.1, -0.05) is 29.8 Å². The fourth-order valence-corrected chi connectivity index (χ4v) is 4.10. The fraction of sp³-hybridized carbons (Fsp3) is 0.0526. The number of anilines is 2. The van der Waals surface area contributed by atoms with Crippen LogP contribution in [0.5, 0.6) is 0 Å². The van der Waals surface area contributed by atoms with Crippen molar-refractivity contribution in [1.29, 1.82) is 0 Å². The maximum absolute atomic E-state index is 12.5. The van der Waals surface area contributed by atoms with Crippen molar-refractivity contribution in [2.24, 2.45) is 0 Å². The Hall–Kier alpha value is -2.68. The number of nitrogens with one attached hydrogen (secondary N) is 2. The molecule has 1 heterocycles. The summed E-state index contributed by atoms with van der Waals surface area (Å²) in [6.45, 7) is 0. The van der Waals surface area contributed by atoms with E-state index in [0.29, 0.717) is 16.1 Å². The lowest BCUT2D eigenvalue weighted by Crippen LogP contribution is -2.12. The first kappa shape index (κ1) is 20.1. The van der Waals surface area contributed by atoms with Crippen molar-refractivity contribution in [3.63, 3.8) is 0 Å². The summed E-state index contributed by atoms with van der Waals surface area (Å²) in [6.07, 6.45) is 1.06. The molecule has 0 radical (unpaired) electrons. The van der Waals surface area contributed by atoms with Crippen molar-refractivity contribution in [3.8, 4) is 0 Å². The van der Waals surface area contributed by atoms with E-state index in [2.05, 4.69) is 10.6 Å². The van der Waals surface area contributed by atoms with Crippen LogP contribution in [0.25, 0.3) is 0 Å². The van der Waals surface area contributed by atoms with Crippen molar-refractivity contribution in [1.82, 2.24) is 0 Å². The highest BCUT2D eigenvalue weighted by atomic mass is 35.5. The molecule has 9 heteroatoms. The van der Waals surface area contributed by atoms with Gasteiger partial charge in [0.25, 0.3) is 11.8 Å². The van der Waals surface area contributed by atoms with Gasteiger partial charge in [0.05, 0.1) is 15.3 Å². The zero-order valence-corrected chi connectivity index (χ0v) is 17.0. The minimum Gasteiger partial charge on any atom is -0.322 e. The number of halogens is 1. The van der Waals surface area contributed by atoms with Crippen LogP contribution in [0.1, 0.15) is 20.0 Å². The Kier molecular flexibility index (Phi) is 5.83. The molecular weight excluding hydrogens is 420 g/mol. The van der Waals surface area contributed by atoms with Crippen molar-refractivity contribution in [2.75, 3.05) is 16.9 Å². The number of sulfone groups is 1. The minimum absolute atomic E-state index is 0.00408. The van der Waals surface area contributed by atoms with Crippen molar-refractivity contribution >= 4 is 56.0 Å². The lowest BCUT2D eigenvalue weighted by Gasteiger charge is -2.07. The Morgan fingerprint density at radius 1 is 0.929 bits per heavy atom. The molecular formula is C19H15ClN2O4S2. The van der Waals surface area contributed by atoms with Crippen LogP contribution in [0.2, 0.25) is 5.02 Å². The van der Waals surface area contributed by atoms with Crippen molar-refractivity contribution in [3.05, 3.63) is 75.4 Å². The molecule has 144 valence electrons. The lowest BCUT2D eigenvalue weighted by molar-refractivity contribution is 0.102. The molecule has 0 bridgehead atoms. The largest absolute Gasteiger partial charge is 0.322 e. The van der Waals surface area contributed by atoms with Gasteiger partial charge in [0.1, 0.15) is 0 Å². The summed E-state index contributed by atoms with van der Waals surface area (Å²) >= 11 is 7.05. The predicted octanol–water partition coefficient (Wildman–Crippen LogP) is 4.31. The number of carbonyl (C=O) groups excluding carboxylic acids is 2. The monoisotopic (exact) mass is 434 g/mol. The van der Waals surface area contributed by atoms with Crippen LogP contribution in [0.3, 0.4) is 0 Å². The number of hydrogen-bond donors (Lipinski definition) is 2. The van der Waals surface area contributed by atoms with Crippen LogP contribution in [-0.2, 0) is 9.84 Å². The van der Waals surface area contributed by atoms with E-state index in [1.807, 2.05) is 6.07 Å². The molecule has 0 aliphatic rings. The molecule has 6 nitrogen and oxygen atoms in total. The summed E-state index contributed by atoms with van der Waals surface area (Å²) in [7, 11) is -3.47. The third-order valence-corrected chi connectivity index (χ3v) is 5.91. The van der Waals surface area contributed by atoms with Gasteiger partial charge in [-0.25, -0.2) is 8.42 Å². The van der Waals surface area contributed by atoms with Crippen LogP contribution in [-0.4, -0.2) is 26.5 Å². The maximum Gasteiger partial charge on any atom is 0.265 e. The molecule has 3 rings (SSSR count). The molecule has 0 aliphatic heterocycles. The summed E-state index contributed by atoms with van der Waals surface area (Å²) in [5, 5.41) is 7.11. The van der Waals surface area contributed by atoms with E-state index in [1.165, 1.54) is 24.3 Å². The second-order valence-corrected chi connectivity index (χ2v) is 9.29. The number of para-hydroxylation sites is 1. The third-order valence-electron chi connectivity index (χ3n) is 3.67. The third kappa shape index (κ3) is 4.98. The summed E-state index contributed by atoms with van der Waals surface area (Å²) in [5.41, 5.74) is 1.25. The highest BCUT2D eigenvalue weighted by Crippen LogP contribution is 2.24. The van der Waals surface area contributed by atoms with E-state index < -0.39 is 15.7 Å². The smallest absolute Gasteiger partial charge is 0.265 e. The normalized spacial score (nSPS) is 11.1. The number of benzene rings is 2. The molecule has 1 aromatic heterocycles. The van der Waals surface area contributed by atoms with Gasteiger partial charge in [-0.15, -0.1) is 11.3 Å². The maximum atomic E-state index is 12.5. The second kappa shape index (κ2) is 8.14. The number of rotatable bonds is 5. The van der Waals surface area contributed by atoms with Gasteiger partial charge in [-0.3, -0.25) is 9.59 Å². The van der Waals surface area contributed by atoms with E-state index in [0.717, 1.165) is 17.6 Å². The van der Waals surface area contributed by atoms with E-state index in [-0.39, 0.29) is 21.5 Å². The Morgan fingerprint density at radius 2 is 1.61 bits per heavy atom. The van der Waals surface area contributed by atoms with Gasteiger partial charge in [0.15, 0.2) is 9.84 Å². The minimum atomic E-state index is -3.47. The Balaban J connectivity index is 1.74. The van der Waals surface area contributed by atoms with Gasteiger partial charge in [-0.2, -0.15) is 0 Å². The zero-order chi connectivity index (χ0) is 20.3. The highest BCUT2D eigenvalue weighted by Gasteiger charge is 2.16. The van der Waals surface area contributed by atoms with Crippen molar-refractivity contribution < 1.29 is 18.0 Å². The highest BCUT2D eigenvalue weighted by molar-refractivity contribution is 7.90. The SMILES string of the molecule is CS(=O)(=O)c1cc(Cl)cc(NC(=O)c2cc(C(=O)Nc3ccccc3)cs2)c1. The summed E-state index contributed by atoms with van der Waals surface area (Å²) in [4.78, 5) is 25.1. The van der Waals surface area contributed by atoms with Crippen LogP contribution >= 0.6 is 22.9 Å². The number of thiophene rings is 1. The molecule has 2 amide bonds. The Morgan fingerprint density at radius 3 is 2.29 bits per heavy atom. The number of amides is 2. The number of carbonyl (C=O) groups is 2. The molecule has 0 saturated heterocycles. The first-order valence-corrected chi connectivity index (χ1v) is 11.1. The second-order valence-electron chi connectivity index (χ2n) is 5.92.